The van der Waals surface area contributed by atoms with Crippen LogP contribution in [0.3, 0.4) is 0 Å². The number of nitrogens with zero attached hydrogens (tertiary/aromatic N) is 1. The Labute approximate surface area is 162 Å². The summed E-state index contributed by atoms with van der Waals surface area (Å²) in [6, 6.07) is 21.8. The Balaban J connectivity index is 1.66. The maximum Gasteiger partial charge on any atom is 0.271 e. The number of non-ortho nitro benzene ring substituents is 1. The molecule has 1 unspecified atom stereocenters. The number of anilines is 1. The molecule has 3 aromatic carbocycles. The monoisotopic (exact) mass is 376 g/mol. The van der Waals surface area contributed by atoms with Crippen molar-refractivity contribution in [1.82, 2.24) is 0 Å². The summed E-state index contributed by atoms with van der Waals surface area (Å²) in [5, 5.41) is 13.6. The van der Waals surface area contributed by atoms with Crippen LogP contribution in [-0.4, -0.2) is 16.9 Å². The van der Waals surface area contributed by atoms with Crippen LogP contribution in [0.25, 0.3) is 11.1 Å². The van der Waals surface area contributed by atoms with Crippen LogP contribution in [0.1, 0.15) is 12.5 Å². The molecular formula is C22H20N2O4. The number of rotatable bonds is 6. The second-order valence-corrected chi connectivity index (χ2v) is 6.40. The molecule has 1 amide bonds. The third-order valence-electron chi connectivity index (χ3n) is 4.33. The van der Waals surface area contributed by atoms with E-state index in [0.29, 0.717) is 11.4 Å². The topological polar surface area (TPSA) is 81.5 Å². The normalized spacial score (nSPS) is 11.5. The lowest BCUT2D eigenvalue weighted by atomic mass is 10.1. The van der Waals surface area contributed by atoms with E-state index in [2.05, 4.69) is 5.32 Å². The predicted molar refractivity (Wildman–Crippen MR) is 108 cm³/mol. The number of hydrogen-bond donors (Lipinski definition) is 1. The molecule has 0 bridgehead atoms. The molecule has 3 aromatic rings. The van der Waals surface area contributed by atoms with Crippen LogP contribution in [0.2, 0.25) is 0 Å². The number of aryl methyl sites for hydroxylation is 1. The van der Waals surface area contributed by atoms with Crippen molar-refractivity contribution < 1.29 is 14.5 Å². The summed E-state index contributed by atoms with van der Waals surface area (Å²) < 4.78 is 5.71. The quantitative estimate of drug-likeness (QED) is 0.486. The first-order chi connectivity index (χ1) is 13.4. The number of amides is 1. The first-order valence-electron chi connectivity index (χ1n) is 8.82. The fourth-order valence-corrected chi connectivity index (χ4v) is 2.71. The number of carbonyl (C=O) groups is 1. The van der Waals surface area contributed by atoms with E-state index >= 15 is 0 Å². The SMILES string of the molecule is Cc1ccc([N+](=O)[O-])cc1NC(=O)C(C)Oc1ccc(-c2ccccc2)cc1. The van der Waals surface area contributed by atoms with Crippen molar-refractivity contribution in [1.29, 1.82) is 0 Å². The van der Waals surface area contributed by atoms with Gasteiger partial charge in [0, 0.05) is 12.1 Å². The molecule has 0 aliphatic carbocycles. The Morgan fingerprint density at radius 1 is 1.00 bits per heavy atom. The molecule has 3 rings (SSSR count). The maximum absolute atomic E-state index is 12.4. The van der Waals surface area contributed by atoms with Crippen molar-refractivity contribution in [2.24, 2.45) is 0 Å². The number of nitrogens with one attached hydrogen (secondary N) is 1. The first-order valence-corrected chi connectivity index (χ1v) is 8.82. The summed E-state index contributed by atoms with van der Waals surface area (Å²) in [4.78, 5) is 22.9. The molecule has 0 saturated carbocycles. The third-order valence-corrected chi connectivity index (χ3v) is 4.33. The van der Waals surface area contributed by atoms with Crippen LogP contribution >= 0.6 is 0 Å². The van der Waals surface area contributed by atoms with Crippen molar-refractivity contribution >= 4 is 17.3 Å². The molecular weight excluding hydrogens is 356 g/mol. The number of hydrogen-bond acceptors (Lipinski definition) is 4. The number of ether oxygens (including phenoxy) is 1. The third kappa shape index (κ3) is 4.54. The fraction of sp³-hybridized carbons (Fsp3) is 0.136. The van der Waals surface area contributed by atoms with Gasteiger partial charge in [-0.1, -0.05) is 48.5 Å². The zero-order chi connectivity index (χ0) is 20.1. The van der Waals surface area contributed by atoms with E-state index in [1.54, 1.807) is 19.9 Å². The van der Waals surface area contributed by atoms with Gasteiger partial charge in [-0.15, -0.1) is 0 Å². The van der Waals surface area contributed by atoms with Crippen molar-refractivity contribution in [2.45, 2.75) is 20.0 Å². The minimum absolute atomic E-state index is 0.0778. The standard InChI is InChI=1S/C22H20N2O4/c1-15-8-11-19(24(26)27)14-21(15)23-22(25)16(2)28-20-12-9-18(10-13-20)17-6-4-3-5-7-17/h3-14,16H,1-2H3,(H,23,25). The van der Waals surface area contributed by atoms with Crippen molar-refractivity contribution in [3.63, 3.8) is 0 Å². The van der Waals surface area contributed by atoms with E-state index in [0.717, 1.165) is 16.7 Å². The molecule has 0 aromatic heterocycles. The molecule has 0 saturated heterocycles. The van der Waals surface area contributed by atoms with Crippen LogP contribution in [0.5, 0.6) is 5.75 Å². The van der Waals surface area contributed by atoms with Crippen molar-refractivity contribution in [3.05, 3.63) is 88.5 Å². The highest BCUT2D eigenvalue weighted by molar-refractivity contribution is 5.95. The average Bonchev–Trinajstić information content (AvgIpc) is 2.70. The lowest BCUT2D eigenvalue weighted by molar-refractivity contribution is -0.384. The predicted octanol–water partition coefficient (Wildman–Crippen LogP) is 4.98. The molecule has 0 aliphatic heterocycles. The summed E-state index contributed by atoms with van der Waals surface area (Å²) in [5.41, 5.74) is 3.21. The minimum atomic E-state index is -0.763. The van der Waals surface area contributed by atoms with E-state index in [-0.39, 0.29) is 11.6 Å². The van der Waals surface area contributed by atoms with Gasteiger partial charge in [0.2, 0.25) is 0 Å². The highest BCUT2D eigenvalue weighted by Crippen LogP contribution is 2.24. The number of carbonyl (C=O) groups excluding carboxylic acids is 1. The van der Waals surface area contributed by atoms with Gasteiger partial charge in [-0.25, -0.2) is 0 Å². The van der Waals surface area contributed by atoms with Gasteiger partial charge in [-0.2, -0.15) is 0 Å². The molecule has 0 heterocycles. The Kier molecular flexibility index (Phi) is 5.69. The molecule has 0 aliphatic rings. The number of nitro benzene ring substituents is 1. The number of benzene rings is 3. The van der Waals surface area contributed by atoms with Gasteiger partial charge >= 0.3 is 0 Å². The van der Waals surface area contributed by atoms with Crippen LogP contribution < -0.4 is 10.1 Å². The zero-order valence-corrected chi connectivity index (χ0v) is 15.6. The average molecular weight is 376 g/mol. The van der Waals surface area contributed by atoms with Gasteiger partial charge in [-0.05, 0) is 42.7 Å². The smallest absolute Gasteiger partial charge is 0.271 e. The zero-order valence-electron chi connectivity index (χ0n) is 15.6. The Hall–Kier alpha value is -3.67. The Bertz CT molecular complexity index is 985. The van der Waals surface area contributed by atoms with Gasteiger partial charge in [0.25, 0.3) is 11.6 Å². The highest BCUT2D eigenvalue weighted by Gasteiger charge is 2.17. The van der Waals surface area contributed by atoms with Crippen LogP contribution in [0.4, 0.5) is 11.4 Å². The van der Waals surface area contributed by atoms with E-state index in [9.17, 15) is 14.9 Å². The van der Waals surface area contributed by atoms with E-state index in [1.165, 1.54) is 12.1 Å². The molecule has 6 nitrogen and oxygen atoms in total. The number of nitro groups is 1. The van der Waals surface area contributed by atoms with Crippen molar-refractivity contribution in [3.8, 4) is 16.9 Å². The maximum atomic E-state index is 12.4. The fourth-order valence-electron chi connectivity index (χ4n) is 2.71. The first kappa shape index (κ1) is 19.1. The van der Waals surface area contributed by atoms with E-state index < -0.39 is 11.0 Å². The molecule has 1 N–H and O–H groups in total. The molecule has 1 atom stereocenters. The summed E-state index contributed by atoms with van der Waals surface area (Å²) in [6.07, 6.45) is -0.763. The Morgan fingerprint density at radius 2 is 1.64 bits per heavy atom. The lowest BCUT2D eigenvalue weighted by Gasteiger charge is -2.16. The summed E-state index contributed by atoms with van der Waals surface area (Å²) in [7, 11) is 0. The van der Waals surface area contributed by atoms with Gasteiger partial charge in [0.15, 0.2) is 6.10 Å². The van der Waals surface area contributed by atoms with Gasteiger partial charge < -0.3 is 10.1 Å². The summed E-state index contributed by atoms with van der Waals surface area (Å²) in [6.45, 7) is 3.40. The Morgan fingerprint density at radius 3 is 2.29 bits per heavy atom. The summed E-state index contributed by atoms with van der Waals surface area (Å²) >= 11 is 0. The van der Waals surface area contributed by atoms with Crippen LogP contribution in [0.15, 0.2) is 72.8 Å². The second-order valence-electron chi connectivity index (χ2n) is 6.40. The largest absolute Gasteiger partial charge is 0.481 e. The molecule has 142 valence electrons. The lowest BCUT2D eigenvalue weighted by Crippen LogP contribution is -2.30. The molecule has 0 radical (unpaired) electrons. The van der Waals surface area contributed by atoms with Gasteiger partial charge in [-0.3, -0.25) is 14.9 Å². The molecule has 0 spiro atoms. The second kappa shape index (κ2) is 8.35. The van der Waals surface area contributed by atoms with E-state index in [4.69, 9.17) is 4.74 Å². The molecule has 28 heavy (non-hydrogen) atoms. The highest BCUT2D eigenvalue weighted by atomic mass is 16.6. The van der Waals surface area contributed by atoms with Gasteiger partial charge in [0.05, 0.1) is 10.6 Å². The molecule has 0 fully saturated rings. The van der Waals surface area contributed by atoms with E-state index in [1.807, 2.05) is 54.6 Å². The van der Waals surface area contributed by atoms with Gasteiger partial charge in [0.1, 0.15) is 5.75 Å². The van der Waals surface area contributed by atoms with Crippen LogP contribution in [-0.2, 0) is 4.79 Å². The minimum Gasteiger partial charge on any atom is -0.481 e. The van der Waals surface area contributed by atoms with Crippen molar-refractivity contribution in [2.75, 3.05) is 5.32 Å². The van der Waals surface area contributed by atoms with Crippen LogP contribution in [0, 0.1) is 17.0 Å². The molecule has 6 heteroatoms. The summed E-state index contributed by atoms with van der Waals surface area (Å²) in [5.74, 6) is 0.189.